The summed E-state index contributed by atoms with van der Waals surface area (Å²) in [6, 6.07) is 9.67. The van der Waals surface area contributed by atoms with Crippen LogP contribution in [0.25, 0.3) is 0 Å². The van der Waals surface area contributed by atoms with Crippen LogP contribution in [-0.4, -0.2) is 34.7 Å². The van der Waals surface area contributed by atoms with Gasteiger partial charge in [-0.1, -0.05) is 24.1 Å². The number of ketones is 1. The van der Waals surface area contributed by atoms with E-state index < -0.39 is 0 Å². The number of carbonyl (C=O) groups excluding carboxylic acids is 2. The van der Waals surface area contributed by atoms with Crippen molar-refractivity contribution in [3.63, 3.8) is 0 Å². The first-order chi connectivity index (χ1) is 11.2. The van der Waals surface area contributed by atoms with Crippen LogP contribution in [0.2, 0.25) is 0 Å². The van der Waals surface area contributed by atoms with Crippen LogP contribution in [0.1, 0.15) is 39.5 Å². The largest absolute Gasteiger partial charge is 0.337 e. The Morgan fingerprint density at radius 2 is 1.96 bits per heavy atom. The predicted octanol–water partition coefficient (Wildman–Crippen LogP) is 2.74. The van der Waals surface area contributed by atoms with Gasteiger partial charge in [0.25, 0.3) is 5.91 Å². The number of aromatic nitrogens is 1. The van der Waals surface area contributed by atoms with E-state index in [1.807, 2.05) is 30.3 Å². The molecule has 0 atom stereocenters. The molecule has 1 aliphatic heterocycles. The average molecular weight is 324 g/mol. The van der Waals surface area contributed by atoms with Crippen molar-refractivity contribution in [1.29, 1.82) is 0 Å². The molecule has 2 aromatic rings. The maximum absolute atomic E-state index is 12.5. The standard InChI is InChI=1S/C18H16N2O2S/c21-15-7-4-11-20(12-10-15)18(22)16-13-19-17(23-16)9-8-14-5-2-1-3-6-14/h1-3,5-6,13H,4,7,10-12H2. The van der Waals surface area contributed by atoms with E-state index in [0.29, 0.717) is 35.8 Å². The molecule has 1 aromatic carbocycles. The molecule has 0 saturated carbocycles. The van der Waals surface area contributed by atoms with Gasteiger partial charge in [-0.3, -0.25) is 9.59 Å². The number of amides is 1. The second-order valence-corrected chi connectivity index (χ2v) is 6.36. The van der Waals surface area contributed by atoms with E-state index in [2.05, 4.69) is 16.8 Å². The van der Waals surface area contributed by atoms with Gasteiger partial charge in [0.2, 0.25) is 0 Å². The summed E-state index contributed by atoms with van der Waals surface area (Å²) in [5, 5.41) is 0.628. The van der Waals surface area contributed by atoms with E-state index in [9.17, 15) is 9.59 Å². The summed E-state index contributed by atoms with van der Waals surface area (Å²) < 4.78 is 0. The Bertz CT molecular complexity index is 771. The molecule has 2 heterocycles. The molecule has 1 amide bonds. The van der Waals surface area contributed by atoms with Gasteiger partial charge in [0.05, 0.1) is 6.20 Å². The van der Waals surface area contributed by atoms with Crippen LogP contribution in [-0.2, 0) is 4.79 Å². The van der Waals surface area contributed by atoms with Crippen molar-refractivity contribution in [3.05, 3.63) is 52.0 Å². The van der Waals surface area contributed by atoms with Crippen molar-refractivity contribution in [3.8, 4) is 11.8 Å². The fraction of sp³-hybridized carbons (Fsp3) is 0.278. The zero-order valence-electron chi connectivity index (χ0n) is 12.6. The van der Waals surface area contributed by atoms with Crippen molar-refractivity contribution in [2.24, 2.45) is 0 Å². The summed E-state index contributed by atoms with van der Waals surface area (Å²) in [5.74, 6) is 6.21. The SMILES string of the molecule is O=C1CCCN(C(=O)c2cnc(C#Cc3ccccc3)s2)CC1. The molecule has 1 aliphatic rings. The highest BCUT2D eigenvalue weighted by Gasteiger charge is 2.21. The van der Waals surface area contributed by atoms with Crippen LogP contribution in [0.5, 0.6) is 0 Å². The summed E-state index contributed by atoms with van der Waals surface area (Å²) in [4.78, 5) is 30.5. The Labute approximate surface area is 139 Å². The van der Waals surface area contributed by atoms with Gasteiger partial charge < -0.3 is 4.90 Å². The normalized spacial score (nSPS) is 14.8. The van der Waals surface area contributed by atoms with Gasteiger partial charge in [-0.15, -0.1) is 11.3 Å². The number of likely N-dealkylation sites (tertiary alicyclic amines) is 1. The molecule has 5 heteroatoms. The lowest BCUT2D eigenvalue weighted by Crippen LogP contribution is -2.31. The number of Topliss-reactive ketones (excluding diaryl/α,β-unsaturated/α-hetero) is 1. The minimum Gasteiger partial charge on any atom is -0.337 e. The number of thiazole rings is 1. The topological polar surface area (TPSA) is 50.3 Å². The van der Waals surface area contributed by atoms with E-state index in [1.165, 1.54) is 11.3 Å². The Morgan fingerprint density at radius 3 is 2.78 bits per heavy atom. The summed E-state index contributed by atoms with van der Waals surface area (Å²) >= 11 is 1.30. The van der Waals surface area contributed by atoms with Crippen molar-refractivity contribution in [2.75, 3.05) is 13.1 Å². The van der Waals surface area contributed by atoms with Gasteiger partial charge in [0, 0.05) is 31.5 Å². The minimum atomic E-state index is -0.0510. The van der Waals surface area contributed by atoms with E-state index >= 15 is 0 Å². The van der Waals surface area contributed by atoms with Crippen LogP contribution in [0, 0.1) is 11.8 Å². The molecule has 1 aromatic heterocycles. The van der Waals surface area contributed by atoms with E-state index in [4.69, 9.17) is 0 Å². The van der Waals surface area contributed by atoms with Crippen molar-refractivity contribution < 1.29 is 9.59 Å². The highest BCUT2D eigenvalue weighted by molar-refractivity contribution is 7.14. The number of benzene rings is 1. The minimum absolute atomic E-state index is 0.0510. The molecule has 1 saturated heterocycles. The molecule has 4 nitrogen and oxygen atoms in total. The third kappa shape index (κ3) is 4.05. The van der Waals surface area contributed by atoms with Gasteiger partial charge in [0.1, 0.15) is 10.7 Å². The third-order valence-corrected chi connectivity index (χ3v) is 4.54. The van der Waals surface area contributed by atoms with Crippen LogP contribution >= 0.6 is 11.3 Å². The maximum Gasteiger partial charge on any atom is 0.265 e. The lowest BCUT2D eigenvalue weighted by molar-refractivity contribution is -0.118. The Balaban J connectivity index is 1.70. The van der Waals surface area contributed by atoms with E-state index in [-0.39, 0.29) is 11.7 Å². The van der Waals surface area contributed by atoms with Crippen LogP contribution in [0.4, 0.5) is 0 Å². The van der Waals surface area contributed by atoms with E-state index in [1.54, 1.807) is 11.1 Å². The van der Waals surface area contributed by atoms with Gasteiger partial charge in [-0.2, -0.15) is 0 Å². The van der Waals surface area contributed by atoms with Crippen LogP contribution < -0.4 is 0 Å². The number of hydrogen-bond donors (Lipinski definition) is 0. The predicted molar refractivity (Wildman–Crippen MR) is 89.3 cm³/mol. The van der Waals surface area contributed by atoms with Crippen LogP contribution in [0.3, 0.4) is 0 Å². The summed E-state index contributed by atoms with van der Waals surface area (Å²) in [5.41, 5.74) is 0.918. The summed E-state index contributed by atoms with van der Waals surface area (Å²) in [6.07, 6.45) is 3.34. The molecular weight excluding hydrogens is 308 g/mol. The molecular formula is C18H16N2O2S. The first-order valence-electron chi connectivity index (χ1n) is 7.56. The fourth-order valence-corrected chi connectivity index (χ4v) is 3.14. The Morgan fingerprint density at radius 1 is 1.13 bits per heavy atom. The zero-order chi connectivity index (χ0) is 16.1. The van der Waals surface area contributed by atoms with Crippen molar-refractivity contribution >= 4 is 23.0 Å². The summed E-state index contributed by atoms with van der Waals surface area (Å²) in [6.45, 7) is 1.13. The third-order valence-electron chi connectivity index (χ3n) is 3.64. The number of rotatable bonds is 1. The maximum atomic E-state index is 12.5. The highest BCUT2D eigenvalue weighted by Crippen LogP contribution is 2.17. The molecule has 0 spiro atoms. The molecule has 116 valence electrons. The van der Waals surface area contributed by atoms with E-state index in [0.717, 1.165) is 12.0 Å². The van der Waals surface area contributed by atoms with Gasteiger partial charge >= 0.3 is 0 Å². The second kappa shape index (κ2) is 7.21. The van der Waals surface area contributed by atoms with Crippen LogP contribution in [0.15, 0.2) is 36.5 Å². The quantitative estimate of drug-likeness (QED) is 0.758. The molecule has 0 unspecified atom stereocenters. The molecule has 3 rings (SSSR count). The Hall–Kier alpha value is -2.45. The molecule has 0 N–H and O–H groups in total. The second-order valence-electron chi connectivity index (χ2n) is 5.33. The first kappa shape index (κ1) is 15.4. The average Bonchev–Trinajstić information content (AvgIpc) is 2.95. The number of nitrogens with zero attached hydrogens (tertiary/aromatic N) is 2. The fourth-order valence-electron chi connectivity index (χ4n) is 2.40. The number of hydrogen-bond acceptors (Lipinski definition) is 4. The Kier molecular flexibility index (Phi) is 4.84. The smallest absolute Gasteiger partial charge is 0.265 e. The molecule has 1 fully saturated rings. The van der Waals surface area contributed by atoms with Crippen molar-refractivity contribution in [2.45, 2.75) is 19.3 Å². The zero-order valence-corrected chi connectivity index (χ0v) is 13.4. The highest BCUT2D eigenvalue weighted by atomic mass is 32.1. The van der Waals surface area contributed by atoms with Gasteiger partial charge in [-0.25, -0.2) is 4.98 Å². The summed E-state index contributed by atoms with van der Waals surface area (Å²) in [7, 11) is 0. The monoisotopic (exact) mass is 324 g/mol. The molecule has 0 aliphatic carbocycles. The first-order valence-corrected chi connectivity index (χ1v) is 8.38. The number of carbonyl (C=O) groups is 2. The molecule has 0 bridgehead atoms. The van der Waals surface area contributed by atoms with Gasteiger partial charge in [0.15, 0.2) is 5.01 Å². The lowest BCUT2D eigenvalue weighted by atomic mass is 10.2. The lowest BCUT2D eigenvalue weighted by Gasteiger charge is -2.18. The molecule has 0 radical (unpaired) electrons. The molecule has 23 heavy (non-hydrogen) atoms. The van der Waals surface area contributed by atoms with Crippen molar-refractivity contribution in [1.82, 2.24) is 9.88 Å². The van der Waals surface area contributed by atoms with Gasteiger partial charge in [-0.05, 0) is 24.5 Å².